The second-order valence-electron chi connectivity index (χ2n) is 5.33. The standard InChI is InChI=1S/C16H22N2O4/c1-4-22-15(19)12-6-5-9-18(10-12)14-8-7-13(11(2)17-14)16(20)21-3/h7-8,12H,4-6,9-10H2,1-3H3. The third-order valence-electron chi connectivity index (χ3n) is 3.84. The summed E-state index contributed by atoms with van der Waals surface area (Å²) in [5, 5.41) is 0. The highest BCUT2D eigenvalue weighted by molar-refractivity contribution is 5.90. The van der Waals surface area contributed by atoms with E-state index in [2.05, 4.69) is 9.88 Å². The van der Waals surface area contributed by atoms with E-state index >= 15 is 0 Å². The minimum Gasteiger partial charge on any atom is -0.466 e. The number of hydrogen-bond acceptors (Lipinski definition) is 6. The van der Waals surface area contributed by atoms with E-state index in [1.54, 1.807) is 19.1 Å². The second-order valence-corrected chi connectivity index (χ2v) is 5.33. The Kier molecular flexibility index (Phi) is 5.35. The van der Waals surface area contributed by atoms with Crippen LogP contribution in [0.4, 0.5) is 5.82 Å². The number of carbonyl (C=O) groups is 2. The number of rotatable bonds is 4. The molecule has 1 atom stereocenters. The van der Waals surface area contributed by atoms with Crippen molar-refractivity contribution in [3.8, 4) is 0 Å². The van der Waals surface area contributed by atoms with E-state index in [0.29, 0.717) is 24.4 Å². The van der Waals surface area contributed by atoms with Crippen LogP contribution in [0.2, 0.25) is 0 Å². The third-order valence-corrected chi connectivity index (χ3v) is 3.84. The molecule has 22 heavy (non-hydrogen) atoms. The molecule has 1 aromatic heterocycles. The van der Waals surface area contributed by atoms with Crippen molar-refractivity contribution in [1.29, 1.82) is 0 Å². The van der Waals surface area contributed by atoms with Crippen molar-refractivity contribution in [3.63, 3.8) is 0 Å². The van der Waals surface area contributed by atoms with E-state index in [1.807, 2.05) is 6.92 Å². The van der Waals surface area contributed by atoms with Crippen molar-refractivity contribution >= 4 is 17.8 Å². The Morgan fingerprint density at radius 3 is 2.82 bits per heavy atom. The molecule has 6 heteroatoms. The number of methoxy groups -OCH3 is 1. The Hall–Kier alpha value is -2.11. The number of hydrogen-bond donors (Lipinski definition) is 0. The molecule has 6 nitrogen and oxygen atoms in total. The number of ether oxygens (including phenoxy) is 2. The fraction of sp³-hybridized carbons (Fsp3) is 0.562. The van der Waals surface area contributed by atoms with Crippen molar-refractivity contribution in [2.75, 3.05) is 31.7 Å². The van der Waals surface area contributed by atoms with Gasteiger partial charge in [0.05, 0.1) is 30.9 Å². The van der Waals surface area contributed by atoms with E-state index in [1.165, 1.54) is 7.11 Å². The van der Waals surface area contributed by atoms with Crippen LogP contribution < -0.4 is 4.90 Å². The minimum absolute atomic E-state index is 0.115. The summed E-state index contributed by atoms with van der Waals surface area (Å²) in [6.07, 6.45) is 1.76. The van der Waals surface area contributed by atoms with Gasteiger partial charge in [0.15, 0.2) is 0 Å². The average molecular weight is 306 g/mol. The third kappa shape index (κ3) is 3.55. The predicted molar refractivity (Wildman–Crippen MR) is 81.9 cm³/mol. The second kappa shape index (κ2) is 7.24. The van der Waals surface area contributed by atoms with Gasteiger partial charge in [-0.2, -0.15) is 0 Å². The molecule has 120 valence electrons. The van der Waals surface area contributed by atoms with Crippen LogP contribution in [0.15, 0.2) is 12.1 Å². The van der Waals surface area contributed by atoms with Gasteiger partial charge in [-0.15, -0.1) is 0 Å². The molecule has 2 rings (SSSR count). The zero-order valence-corrected chi connectivity index (χ0v) is 13.3. The smallest absolute Gasteiger partial charge is 0.339 e. The van der Waals surface area contributed by atoms with Crippen LogP contribution in [-0.4, -0.2) is 43.7 Å². The first kappa shape index (κ1) is 16.3. The van der Waals surface area contributed by atoms with Crippen molar-refractivity contribution in [3.05, 3.63) is 23.4 Å². The zero-order chi connectivity index (χ0) is 16.1. The van der Waals surface area contributed by atoms with Gasteiger partial charge >= 0.3 is 11.9 Å². The van der Waals surface area contributed by atoms with E-state index < -0.39 is 0 Å². The molecular formula is C16H22N2O4. The van der Waals surface area contributed by atoms with Crippen molar-refractivity contribution in [2.24, 2.45) is 5.92 Å². The Bertz CT molecular complexity index is 559. The molecule has 1 aromatic rings. The Labute approximate surface area is 130 Å². The molecule has 1 saturated heterocycles. The van der Waals surface area contributed by atoms with Gasteiger partial charge in [-0.3, -0.25) is 4.79 Å². The lowest BCUT2D eigenvalue weighted by Crippen LogP contribution is -2.40. The molecule has 2 heterocycles. The molecule has 0 N–H and O–H groups in total. The van der Waals surface area contributed by atoms with Crippen molar-refractivity contribution < 1.29 is 19.1 Å². The summed E-state index contributed by atoms with van der Waals surface area (Å²) in [4.78, 5) is 30.0. The lowest BCUT2D eigenvalue weighted by molar-refractivity contribution is -0.148. The fourth-order valence-corrected chi connectivity index (χ4v) is 2.69. The predicted octanol–water partition coefficient (Wildman–Crippen LogP) is 1.96. The number of piperidine rings is 1. The largest absolute Gasteiger partial charge is 0.466 e. The quantitative estimate of drug-likeness (QED) is 0.792. The molecule has 1 aliphatic rings. The van der Waals surface area contributed by atoms with Gasteiger partial charge in [-0.25, -0.2) is 9.78 Å². The van der Waals surface area contributed by atoms with Gasteiger partial charge in [-0.1, -0.05) is 0 Å². The van der Waals surface area contributed by atoms with E-state index in [0.717, 1.165) is 25.2 Å². The molecule has 1 fully saturated rings. The summed E-state index contributed by atoms with van der Waals surface area (Å²) < 4.78 is 9.83. The number of nitrogens with zero attached hydrogens (tertiary/aromatic N) is 2. The number of carbonyl (C=O) groups excluding carboxylic acids is 2. The van der Waals surface area contributed by atoms with Crippen LogP contribution in [-0.2, 0) is 14.3 Å². The normalized spacial score (nSPS) is 18.0. The first-order valence-corrected chi connectivity index (χ1v) is 7.54. The number of aromatic nitrogens is 1. The molecule has 1 aliphatic heterocycles. The fourth-order valence-electron chi connectivity index (χ4n) is 2.69. The molecule has 0 saturated carbocycles. The molecule has 1 unspecified atom stereocenters. The Morgan fingerprint density at radius 2 is 2.18 bits per heavy atom. The van der Waals surface area contributed by atoms with Crippen LogP contribution >= 0.6 is 0 Å². The highest BCUT2D eigenvalue weighted by atomic mass is 16.5. The molecular weight excluding hydrogens is 284 g/mol. The van der Waals surface area contributed by atoms with Gasteiger partial charge in [0.2, 0.25) is 0 Å². The Balaban J connectivity index is 2.12. The van der Waals surface area contributed by atoms with Gasteiger partial charge in [0, 0.05) is 13.1 Å². The SMILES string of the molecule is CCOC(=O)C1CCCN(c2ccc(C(=O)OC)c(C)n2)C1. The first-order valence-electron chi connectivity index (χ1n) is 7.54. The lowest BCUT2D eigenvalue weighted by atomic mass is 9.98. The summed E-state index contributed by atoms with van der Waals surface area (Å²) in [5.41, 5.74) is 1.09. The van der Waals surface area contributed by atoms with Crippen LogP contribution in [0.25, 0.3) is 0 Å². The number of anilines is 1. The van der Waals surface area contributed by atoms with E-state index in [-0.39, 0.29) is 17.9 Å². The minimum atomic E-state index is -0.389. The molecule has 0 radical (unpaired) electrons. The summed E-state index contributed by atoms with van der Waals surface area (Å²) in [6, 6.07) is 3.52. The summed E-state index contributed by atoms with van der Waals surface area (Å²) in [5.74, 6) is 0.130. The summed E-state index contributed by atoms with van der Waals surface area (Å²) in [6.45, 7) is 5.45. The highest BCUT2D eigenvalue weighted by Gasteiger charge is 2.27. The lowest BCUT2D eigenvalue weighted by Gasteiger charge is -2.32. The van der Waals surface area contributed by atoms with Crippen LogP contribution in [0.1, 0.15) is 35.8 Å². The van der Waals surface area contributed by atoms with Gasteiger partial charge in [0.25, 0.3) is 0 Å². The molecule has 0 aromatic carbocycles. The monoisotopic (exact) mass is 306 g/mol. The van der Waals surface area contributed by atoms with E-state index in [9.17, 15) is 9.59 Å². The topological polar surface area (TPSA) is 68.7 Å². The van der Waals surface area contributed by atoms with Crippen LogP contribution in [0.5, 0.6) is 0 Å². The maximum absolute atomic E-state index is 11.9. The number of esters is 2. The maximum Gasteiger partial charge on any atom is 0.339 e. The van der Waals surface area contributed by atoms with Crippen molar-refractivity contribution in [1.82, 2.24) is 4.98 Å². The molecule has 0 spiro atoms. The Morgan fingerprint density at radius 1 is 1.41 bits per heavy atom. The van der Waals surface area contributed by atoms with Gasteiger partial charge in [0.1, 0.15) is 5.82 Å². The number of aryl methyl sites for hydroxylation is 1. The average Bonchev–Trinajstić information content (AvgIpc) is 2.54. The summed E-state index contributed by atoms with van der Waals surface area (Å²) in [7, 11) is 1.35. The maximum atomic E-state index is 11.9. The summed E-state index contributed by atoms with van der Waals surface area (Å²) >= 11 is 0. The zero-order valence-electron chi connectivity index (χ0n) is 13.3. The van der Waals surface area contributed by atoms with Crippen molar-refractivity contribution in [2.45, 2.75) is 26.7 Å². The van der Waals surface area contributed by atoms with Crippen LogP contribution in [0, 0.1) is 12.8 Å². The molecule has 0 aliphatic carbocycles. The molecule has 0 amide bonds. The van der Waals surface area contributed by atoms with Crippen LogP contribution in [0.3, 0.4) is 0 Å². The number of pyridine rings is 1. The van der Waals surface area contributed by atoms with Gasteiger partial charge in [-0.05, 0) is 38.8 Å². The van der Waals surface area contributed by atoms with E-state index in [4.69, 9.17) is 9.47 Å². The van der Waals surface area contributed by atoms with Gasteiger partial charge < -0.3 is 14.4 Å². The first-order chi connectivity index (χ1) is 10.6. The molecule has 0 bridgehead atoms. The highest BCUT2D eigenvalue weighted by Crippen LogP contribution is 2.23.